The minimum Gasteiger partial charge on any atom is -0.348 e. The fraction of sp³-hybridized carbons (Fsp3) is 0.278. The Morgan fingerprint density at radius 1 is 1.29 bits per heavy atom. The second-order valence-electron chi connectivity index (χ2n) is 6.62. The van der Waals surface area contributed by atoms with Crippen molar-refractivity contribution in [2.75, 3.05) is 13.1 Å². The molecular weight excluding hydrogens is 398 g/mol. The van der Waals surface area contributed by atoms with Crippen molar-refractivity contribution in [3.63, 3.8) is 0 Å². The molecule has 4 rings (SSSR count). The Hall–Kier alpha value is -2.56. The molecule has 1 aromatic carbocycles. The molecule has 3 heterocycles. The normalized spacial score (nSPS) is 17.2. The van der Waals surface area contributed by atoms with Crippen molar-refractivity contribution in [1.82, 2.24) is 24.4 Å². The van der Waals surface area contributed by atoms with Crippen LogP contribution in [0.1, 0.15) is 27.8 Å². The number of hydrogen-bond donors (Lipinski definition) is 1. The van der Waals surface area contributed by atoms with Gasteiger partial charge >= 0.3 is 0 Å². The first kappa shape index (κ1) is 18.8. The molecule has 28 heavy (non-hydrogen) atoms. The van der Waals surface area contributed by atoms with E-state index < -0.39 is 10.0 Å². The number of aromatic nitrogens is 3. The van der Waals surface area contributed by atoms with E-state index in [0.29, 0.717) is 5.69 Å². The summed E-state index contributed by atoms with van der Waals surface area (Å²) in [6.07, 6.45) is 1.65. The second-order valence-corrected chi connectivity index (χ2v) is 9.27. The van der Waals surface area contributed by atoms with Gasteiger partial charge in [-0.3, -0.25) is 9.48 Å². The van der Waals surface area contributed by atoms with Gasteiger partial charge in [-0.25, -0.2) is 13.4 Å². The van der Waals surface area contributed by atoms with Gasteiger partial charge in [-0.1, -0.05) is 17.7 Å². The van der Waals surface area contributed by atoms with Gasteiger partial charge in [0.1, 0.15) is 5.69 Å². The lowest BCUT2D eigenvalue weighted by Gasteiger charge is -2.33. The van der Waals surface area contributed by atoms with E-state index in [2.05, 4.69) is 15.4 Å². The van der Waals surface area contributed by atoms with E-state index in [4.69, 9.17) is 0 Å². The highest BCUT2D eigenvalue weighted by Crippen LogP contribution is 2.26. The smallest absolute Gasteiger partial charge is 0.270 e. The molecule has 3 aromatic rings. The molecule has 2 aromatic heterocycles. The molecule has 1 aliphatic heterocycles. The average Bonchev–Trinajstić information content (AvgIpc) is 3.37. The molecule has 0 bridgehead atoms. The molecule has 10 heteroatoms. The first-order chi connectivity index (χ1) is 13.4. The quantitative estimate of drug-likeness (QED) is 0.683. The van der Waals surface area contributed by atoms with Crippen LogP contribution in [0.25, 0.3) is 0 Å². The summed E-state index contributed by atoms with van der Waals surface area (Å²) in [5.74, 6) is -0.284. The second kappa shape index (κ2) is 7.46. The zero-order valence-electron chi connectivity index (χ0n) is 15.1. The zero-order valence-corrected chi connectivity index (χ0v) is 16.8. The van der Waals surface area contributed by atoms with Gasteiger partial charge in [0, 0.05) is 24.7 Å². The summed E-state index contributed by atoms with van der Waals surface area (Å²) in [5.41, 5.74) is 3.73. The van der Waals surface area contributed by atoms with Crippen molar-refractivity contribution < 1.29 is 13.2 Å². The van der Waals surface area contributed by atoms with E-state index in [0.717, 1.165) is 11.3 Å². The van der Waals surface area contributed by atoms with Gasteiger partial charge in [0.15, 0.2) is 0 Å². The van der Waals surface area contributed by atoms with Crippen molar-refractivity contribution in [3.05, 3.63) is 64.4 Å². The van der Waals surface area contributed by atoms with Crippen LogP contribution < -0.4 is 5.32 Å². The summed E-state index contributed by atoms with van der Waals surface area (Å²) >= 11 is 1.34. The van der Waals surface area contributed by atoms with E-state index >= 15 is 0 Å². The molecule has 8 nitrogen and oxygen atoms in total. The summed E-state index contributed by atoms with van der Waals surface area (Å²) in [4.78, 5) is 16.5. The lowest BCUT2D eigenvalue weighted by Crippen LogP contribution is -2.45. The van der Waals surface area contributed by atoms with Gasteiger partial charge in [-0.15, -0.1) is 11.3 Å². The number of thiazole rings is 1. The molecule has 0 saturated carbocycles. The molecule has 0 spiro atoms. The van der Waals surface area contributed by atoms with Gasteiger partial charge < -0.3 is 5.32 Å². The van der Waals surface area contributed by atoms with Crippen LogP contribution in [0, 0.1) is 6.92 Å². The maximum absolute atomic E-state index is 13.1. The highest BCUT2D eigenvalue weighted by atomic mass is 32.2. The van der Waals surface area contributed by atoms with Gasteiger partial charge in [-0.2, -0.15) is 9.40 Å². The standard InChI is InChI=1S/C18H19N5O3S2/c1-13-2-4-16(5-3-13)28(25,26)22-9-14-6-7-21-23(14)15(10-22)8-19-18(24)17-11-27-12-20-17/h2-7,11-12,15H,8-10H2,1H3,(H,19,24). The van der Waals surface area contributed by atoms with Gasteiger partial charge in [0.25, 0.3) is 5.91 Å². The number of carbonyl (C=O) groups is 1. The molecule has 1 N–H and O–H groups in total. The number of nitrogens with one attached hydrogen (secondary N) is 1. The van der Waals surface area contributed by atoms with Crippen LogP contribution in [0.2, 0.25) is 0 Å². The van der Waals surface area contributed by atoms with E-state index in [1.54, 1.807) is 52.1 Å². The zero-order chi connectivity index (χ0) is 19.7. The first-order valence-corrected chi connectivity index (χ1v) is 11.1. The Morgan fingerprint density at radius 3 is 2.79 bits per heavy atom. The summed E-state index contributed by atoms with van der Waals surface area (Å²) in [5, 5.41) is 8.81. The fourth-order valence-electron chi connectivity index (χ4n) is 3.17. The van der Waals surface area contributed by atoms with Crippen LogP contribution in [0.3, 0.4) is 0 Å². The summed E-state index contributed by atoms with van der Waals surface area (Å²) in [7, 11) is -3.65. The molecule has 0 radical (unpaired) electrons. The topological polar surface area (TPSA) is 97.2 Å². The molecular formula is C18H19N5O3S2. The predicted molar refractivity (Wildman–Crippen MR) is 104 cm³/mol. The Kier molecular flexibility index (Phi) is 5.00. The maximum Gasteiger partial charge on any atom is 0.270 e. The number of nitrogens with zero attached hydrogens (tertiary/aromatic N) is 4. The molecule has 1 aliphatic rings. The number of hydrogen-bond acceptors (Lipinski definition) is 6. The minimum atomic E-state index is -3.65. The van der Waals surface area contributed by atoms with Gasteiger partial charge in [-0.05, 0) is 25.1 Å². The van der Waals surface area contributed by atoms with Crippen LogP contribution in [-0.4, -0.2) is 46.5 Å². The Morgan fingerprint density at radius 2 is 2.07 bits per heavy atom. The lowest BCUT2D eigenvalue weighted by atomic mass is 10.2. The van der Waals surface area contributed by atoms with Crippen LogP contribution >= 0.6 is 11.3 Å². The van der Waals surface area contributed by atoms with Crippen molar-refractivity contribution in [2.45, 2.75) is 24.4 Å². The van der Waals surface area contributed by atoms with Crippen LogP contribution in [-0.2, 0) is 16.6 Å². The highest BCUT2D eigenvalue weighted by Gasteiger charge is 2.34. The summed E-state index contributed by atoms with van der Waals surface area (Å²) in [6.45, 7) is 2.64. The van der Waals surface area contributed by atoms with E-state index in [1.165, 1.54) is 15.6 Å². The van der Waals surface area contributed by atoms with Gasteiger partial charge in [0.05, 0.1) is 28.7 Å². The number of aryl methyl sites for hydroxylation is 1. The van der Waals surface area contributed by atoms with Gasteiger partial charge in [0.2, 0.25) is 10.0 Å². The van der Waals surface area contributed by atoms with Crippen LogP contribution in [0.4, 0.5) is 0 Å². The number of carbonyl (C=O) groups excluding carboxylic acids is 1. The van der Waals surface area contributed by atoms with Crippen molar-refractivity contribution >= 4 is 27.3 Å². The molecule has 0 aliphatic carbocycles. The van der Waals surface area contributed by atoms with E-state index in [1.807, 2.05) is 6.92 Å². The number of rotatable bonds is 5. The van der Waals surface area contributed by atoms with E-state index in [-0.39, 0.29) is 36.5 Å². The lowest BCUT2D eigenvalue weighted by molar-refractivity contribution is 0.0938. The first-order valence-electron chi connectivity index (χ1n) is 8.71. The molecule has 1 amide bonds. The third-order valence-corrected chi connectivity index (χ3v) is 7.09. The number of fused-ring (bicyclic) bond motifs is 1. The molecule has 1 unspecified atom stereocenters. The molecule has 146 valence electrons. The average molecular weight is 418 g/mol. The summed E-state index contributed by atoms with van der Waals surface area (Å²) in [6, 6.07) is 8.30. The van der Waals surface area contributed by atoms with E-state index in [9.17, 15) is 13.2 Å². The molecule has 1 atom stereocenters. The van der Waals surface area contributed by atoms with Crippen molar-refractivity contribution in [2.24, 2.45) is 0 Å². The highest BCUT2D eigenvalue weighted by molar-refractivity contribution is 7.89. The monoisotopic (exact) mass is 417 g/mol. The number of amides is 1. The molecule has 0 saturated heterocycles. The third-order valence-electron chi connectivity index (χ3n) is 4.67. The fourth-order valence-corrected chi connectivity index (χ4v) is 5.15. The third kappa shape index (κ3) is 3.58. The maximum atomic E-state index is 13.1. The van der Waals surface area contributed by atoms with Crippen molar-refractivity contribution in [1.29, 1.82) is 0 Å². The Balaban J connectivity index is 1.55. The number of sulfonamides is 1. The predicted octanol–water partition coefficient (Wildman–Crippen LogP) is 1.82. The molecule has 0 fully saturated rings. The Labute approximate surface area is 166 Å². The van der Waals surface area contributed by atoms with Crippen LogP contribution in [0.15, 0.2) is 52.3 Å². The largest absolute Gasteiger partial charge is 0.348 e. The summed E-state index contributed by atoms with van der Waals surface area (Å²) < 4.78 is 29.4. The number of benzene rings is 1. The van der Waals surface area contributed by atoms with Crippen LogP contribution in [0.5, 0.6) is 0 Å². The van der Waals surface area contributed by atoms with Crippen molar-refractivity contribution in [3.8, 4) is 0 Å². The Bertz CT molecular complexity index is 1070. The minimum absolute atomic E-state index is 0.224. The SMILES string of the molecule is Cc1ccc(S(=O)(=O)N2Cc3ccnn3C(CNC(=O)c3cscn3)C2)cc1.